The van der Waals surface area contributed by atoms with E-state index in [9.17, 15) is 0 Å². The largest absolute Gasteiger partial charge is 0.272 e. The summed E-state index contributed by atoms with van der Waals surface area (Å²) in [6.07, 6.45) is 3.31. The Morgan fingerprint density at radius 3 is 2.25 bits per heavy atom. The minimum Gasteiger partial charge on any atom is -0.272 e. The predicted molar refractivity (Wildman–Crippen MR) is 71.5 cm³/mol. The highest BCUT2D eigenvalue weighted by molar-refractivity contribution is 4.95. The second-order valence-electron chi connectivity index (χ2n) is 5.42. The summed E-state index contributed by atoms with van der Waals surface area (Å²) in [5.41, 5.74) is 1.44. The van der Waals surface area contributed by atoms with Crippen LogP contribution < -0.4 is 0 Å². The molecule has 0 unspecified atom stereocenters. The van der Waals surface area contributed by atoms with Gasteiger partial charge in [0.05, 0.1) is 5.69 Å². The number of hydrogen-bond donors (Lipinski definition) is 0. The molecule has 0 aromatic carbocycles. The lowest BCUT2D eigenvalue weighted by Gasteiger charge is -2.26. The number of aryl methyl sites for hydroxylation is 1. The molecule has 94 valence electrons. The lowest BCUT2D eigenvalue weighted by atomic mass is 9.84. The standard InChI is InChI=1S/C12H22N2.C2H6/c1-10(2)8-12(4,5)9-14-7-6-11(3)13-14;1-2/h6-7,10H,8-9H2,1-5H3;1-2H3. The van der Waals surface area contributed by atoms with E-state index in [4.69, 9.17) is 0 Å². The first kappa shape index (κ1) is 15.2. The van der Waals surface area contributed by atoms with Crippen LogP contribution in [0.4, 0.5) is 0 Å². The van der Waals surface area contributed by atoms with Crippen LogP contribution >= 0.6 is 0 Å². The van der Waals surface area contributed by atoms with Gasteiger partial charge in [0, 0.05) is 12.7 Å². The Balaban J connectivity index is 0.00000106. The lowest BCUT2D eigenvalue weighted by molar-refractivity contribution is 0.235. The fourth-order valence-corrected chi connectivity index (χ4v) is 2.16. The summed E-state index contributed by atoms with van der Waals surface area (Å²) in [7, 11) is 0. The van der Waals surface area contributed by atoms with E-state index in [-0.39, 0.29) is 0 Å². The molecule has 0 spiro atoms. The highest BCUT2D eigenvalue weighted by Crippen LogP contribution is 2.26. The maximum atomic E-state index is 4.42. The van der Waals surface area contributed by atoms with Gasteiger partial charge >= 0.3 is 0 Å². The lowest BCUT2D eigenvalue weighted by Crippen LogP contribution is -2.22. The van der Waals surface area contributed by atoms with Crippen LogP contribution in [0.3, 0.4) is 0 Å². The van der Waals surface area contributed by atoms with Crippen molar-refractivity contribution in [2.75, 3.05) is 0 Å². The van der Waals surface area contributed by atoms with E-state index < -0.39 is 0 Å². The molecule has 2 heteroatoms. The van der Waals surface area contributed by atoms with Gasteiger partial charge in [0.1, 0.15) is 0 Å². The van der Waals surface area contributed by atoms with Gasteiger partial charge in [-0.1, -0.05) is 41.5 Å². The van der Waals surface area contributed by atoms with Gasteiger partial charge in [-0.25, -0.2) is 0 Å². The number of aromatic nitrogens is 2. The van der Waals surface area contributed by atoms with Gasteiger partial charge in [0.15, 0.2) is 0 Å². The van der Waals surface area contributed by atoms with Gasteiger partial charge in [-0.2, -0.15) is 5.10 Å². The fourth-order valence-electron chi connectivity index (χ4n) is 2.16. The summed E-state index contributed by atoms with van der Waals surface area (Å²) in [5.74, 6) is 0.752. The molecule has 1 aromatic heterocycles. The molecular weight excluding hydrogens is 196 g/mol. The van der Waals surface area contributed by atoms with Crippen molar-refractivity contribution >= 4 is 0 Å². The summed E-state index contributed by atoms with van der Waals surface area (Å²) in [4.78, 5) is 0. The third-order valence-corrected chi connectivity index (χ3v) is 2.32. The molecular formula is C14H28N2. The average Bonchev–Trinajstić information content (AvgIpc) is 2.51. The average molecular weight is 224 g/mol. The van der Waals surface area contributed by atoms with E-state index >= 15 is 0 Å². The van der Waals surface area contributed by atoms with E-state index in [0.29, 0.717) is 5.41 Å². The van der Waals surface area contributed by atoms with Crippen LogP contribution in [-0.2, 0) is 6.54 Å². The van der Waals surface area contributed by atoms with Crippen molar-refractivity contribution < 1.29 is 0 Å². The molecule has 0 amide bonds. The SMILES string of the molecule is CC.Cc1ccn(CC(C)(C)CC(C)C)n1. The molecule has 0 atom stereocenters. The maximum Gasteiger partial charge on any atom is 0.0593 e. The van der Waals surface area contributed by atoms with Crippen LogP contribution in [0.5, 0.6) is 0 Å². The Morgan fingerprint density at radius 1 is 1.31 bits per heavy atom. The first-order chi connectivity index (χ1) is 7.39. The number of rotatable bonds is 4. The van der Waals surface area contributed by atoms with E-state index in [1.54, 1.807) is 0 Å². The molecule has 2 nitrogen and oxygen atoms in total. The van der Waals surface area contributed by atoms with Crippen LogP contribution in [0, 0.1) is 18.3 Å². The minimum atomic E-state index is 0.340. The summed E-state index contributed by atoms with van der Waals surface area (Å²) >= 11 is 0. The molecule has 0 N–H and O–H groups in total. The maximum absolute atomic E-state index is 4.42. The molecule has 0 saturated carbocycles. The zero-order chi connectivity index (χ0) is 12.8. The Labute approximate surface area is 101 Å². The molecule has 1 heterocycles. The van der Waals surface area contributed by atoms with Crippen molar-refractivity contribution in [1.82, 2.24) is 9.78 Å². The highest BCUT2D eigenvalue weighted by atomic mass is 15.3. The Hall–Kier alpha value is -0.790. The molecule has 0 aliphatic rings. The first-order valence-corrected chi connectivity index (χ1v) is 6.39. The Bertz CT molecular complexity index is 285. The first-order valence-electron chi connectivity index (χ1n) is 6.39. The van der Waals surface area contributed by atoms with Crippen molar-refractivity contribution in [3.63, 3.8) is 0 Å². The van der Waals surface area contributed by atoms with Crippen LogP contribution in [-0.4, -0.2) is 9.78 Å². The predicted octanol–water partition coefficient (Wildman–Crippen LogP) is 4.29. The fraction of sp³-hybridized carbons (Fsp3) is 0.786. The molecule has 16 heavy (non-hydrogen) atoms. The molecule has 0 aliphatic carbocycles. The molecule has 0 saturated heterocycles. The van der Waals surface area contributed by atoms with E-state index in [2.05, 4.69) is 49.7 Å². The van der Waals surface area contributed by atoms with E-state index in [0.717, 1.165) is 18.2 Å². The van der Waals surface area contributed by atoms with Crippen LogP contribution in [0.15, 0.2) is 12.3 Å². The highest BCUT2D eigenvalue weighted by Gasteiger charge is 2.20. The van der Waals surface area contributed by atoms with Crippen molar-refractivity contribution in [1.29, 1.82) is 0 Å². The van der Waals surface area contributed by atoms with Crippen LogP contribution in [0.2, 0.25) is 0 Å². The van der Waals surface area contributed by atoms with Gasteiger partial charge in [-0.15, -0.1) is 0 Å². The zero-order valence-corrected chi connectivity index (χ0v) is 12.0. The second kappa shape index (κ2) is 6.72. The summed E-state index contributed by atoms with van der Waals surface area (Å²) < 4.78 is 2.05. The normalized spacial score (nSPS) is 11.2. The van der Waals surface area contributed by atoms with Gasteiger partial charge < -0.3 is 0 Å². The topological polar surface area (TPSA) is 17.8 Å². The van der Waals surface area contributed by atoms with Gasteiger partial charge in [-0.3, -0.25) is 4.68 Å². The molecule has 0 radical (unpaired) electrons. The van der Waals surface area contributed by atoms with E-state index in [1.165, 1.54) is 6.42 Å². The summed E-state index contributed by atoms with van der Waals surface area (Å²) in [6.45, 7) is 16.2. The van der Waals surface area contributed by atoms with Crippen molar-refractivity contribution in [3.05, 3.63) is 18.0 Å². The number of hydrogen-bond acceptors (Lipinski definition) is 1. The van der Waals surface area contributed by atoms with Gasteiger partial charge in [0.2, 0.25) is 0 Å². The molecule has 0 bridgehead atoms. The van der Waals surface area contributed by atoms with E-state index in [1.807, 2.05) is 20.8 Å². The molecule has 1 aromatic rings. The van der Waals surface area contributed by atoms with Gasteiger partial charge in [-0.05, 0) is 30.7 Å². The monoisotopic (exact) mass is 224 g/mol. The van der Waals surface area contributed by atoms with Crippen molar-refractivity contribution in [2.24, 2.45) is 11.3 Å². The zero-order valence-electron chi connectivity index (χ0n) is 12.0. The smallest absolute Gasteiger partial charge is 0.0593 e. The van der Waals surface area contributed by atoms with Crippen LogP contribution in [0.25, 0.3) is 0 Å². The van der Waals surface area contributed by atoms with Crippen LogP contribution in [0.1, 0.15) is 53.7 Å². The van der Waals surface area contributed by atoms with Crippen molar-refractivity contribution in [2.45, 2.75) is 61.4 Å². The minimum absolute atomic E-state index is 0.340. The Kier molecular flexibility index (Phi) is 6.39. The third-order valence-electron chi connectivity index (χ3n) is 2.32. The molecule has 0 fully saturated rings. The number of nitrogens with zero attached hydrogens (tertiary/aromatic N) is 2. The van der Waals surface area contributed by atoms with Gasteiger partial charge in [0.25, 0.3) is 0 Å². The van der Waals surface area contributed by atoms with Crippen molar-refractivity contribution in [3.8, 4) is 0 Å². The quantitative estimate of drug-likeness (QED) is 0.746. The summed E-state index contributed by atoms with van der Waals surface area (Å²) in [5, 5.41) is 4.42. The molecule has 1 rings (SSSR count). The summed E-state index contributed by atoms with van der Waals surface area (Å²) in [6, 6.07) is 2.06. The second-order valence-corrected chi connectivity index (χ2v) is 5.42. The molecule has 0 aliphatic heterocycles. The Morgan fingerprint density at radius 2 is 1.88 bits per heavy atom. The third kappa shape index (κ3) is 5.94.